The summed E-state index contributed by atoms with van der Waals surface area (Å²) in [5.41, 5.74) is -0.364. The molecular weight excluding hydrogens is 311 g/mol. The highest BCUT2D eigenvalue weighted by Gasteiger charge is 2.34. The highest BCUT2D eigenvalue weighted by Crippen LogP contribution is 2.35. The minimum absolute atomic E-state index is 0.324. The summed E-state index contributed by atoms with van der Waals surface area (Å²) in [7, 11) is -3.43. The quantitative estimate of drug-likeness (QED) is 0.839. The molecule has 112 valence electrons. The van der Waals surface area contributed by atoms with Crippen molar-refractivity contribution in [3.63, 3.8) is 0 Å². The zero-order chi connectivity index (χ0) is 15.0. The summed E-state index contributed by atoms with van der Waals surface area (Å²) in [5.74, 6) is 1.12. The Bertz CT molecular complexity index is 587. The number of rotatable bonds is 2. The number of benzene rings is 1. The molecule has 0 saturated carbocycles. The fraction of sp³-hybridized carbons (Fsp3) is 0.500. The fourth-order valence-corrected chi connectivity index (χ4v) is 4.55. The summed E-state index contributed by atoms with van der Waals surface area (Å²) in [4.78, 5) is 0. The minimum Gasteiger partial charge on any atom is -0.212 e. The van der Waals surface area contributed by atoms with Crippen molar-refractivity contribution in [2.24, 2.45) is 0 Å². The van der Waals surface area contributed by atoms with Gasteiger partial charge >= 0.3 is 6.18 Å². The van der Waals surface area contributed by atoms with E-state index in [2.05, 4.69) is 0 Å². The molecule has 1 aliphatic heterocycles. The Morgan fingerprint density at radius 1 is 1.35 bits per heavy atom. The van der Waals surface area contributed by atoms with Crippen LogP contribution in [-0.4, -0.2) is 37.0 Å². The van der Waals surface area contributed by atoms with Gasteiger partial charge in [0.25, 0.3) is 0 Å². The first-order chi connectivity index (χ1) is 9.19. The van der Waals surface area contributed by atoms with Crippen LogP contribution in [0.25, 0.3) is 0 Å². The molecule has 0 spiro atoms. The molecule has 0 aliphatic carbocycles. The fourth-order valence-electron chi connectivity index (χ4n) is 2.17. The smallest absolute Gasteiger partial charge is 0.212 e. The highest BCUT2D eigenvalue weighted by atomic mass is 32.2. The van der Waals surface area contributed by atoms with Crippen LogP contribution in [0.5, 0.6) is 0 Å². The van der Waals surface area contributed by atoms with E-state index < -0.39 is 27.8 Å². The van der Waals surface area contributed by atoms with E-state index in [0.717, 1.165) is 18.4 Å². The van der Waals surface area contributed by atoms with Crippen molar-refractivity contribution in [3.8, 4) is 0 Å². The third-order valence-corrected chi connectivity index (χ3v) is 5.42. The van der Waals surface area contributed by atoms with Crippen LogP contribution in [0.4, 0.5) is 13.2 Å². The second kappa shape index (κ2) is 5.57. The molecule has 0 N–H and O–H groups in total. The maximum Gasteiger partial charge on any atom is 0.416 e. The number of sulfonamides is 1. The molecule has 0 radical (unpaired) electrons. The molecule has 1 saturated heterocycles. The Morgan fingerprint density at radius 3 is 2.65 bits per heavy atom. The van der Waals surface area contributed by atoms with Crippen molar-refractivity contribution in [2.75, 3.05) is 24.3 Å². The molecule has 20 heavy (non-hydrogen) atoms. The van der Waals surface area contributed by atoms with E-state index in [1.807, 2.05) is 0 Å². The molecule has 0 aromatic heterocycles. The zero-order valence-electron chi connectivity index (χ0n) is 10.7. The summed E-state index contributed by atoms with van der Waals surface area (Å²) in [6.07, 6.45) is -3.34. The van der Waals surface area contributed by atoms with Crippen LogP contribution < -0.4 is 0 Å². The minimum atomic E-state index is -4.42. The summed E-state index contributed by atoms with van der Waals surface area (Å²) in [6.45, 7) is 0.324. The van der Waals surface area contributed by atoms with E-state index >= 15 is 0 Å². The maximum atomic E-state index is 12.7. The monoisotopic (exact) mass is 325 g/mol. The normalized spacial score (nSPS) is 21.9. The van der Waals surface area contributed by atoms with Crippen LogP contribution in [0.3, 0.4) is 0 Å². The standard InChI is InChI=1S/C12H14F3NO2S2/c1-20(17,18)16-5-6-19-8-11(16)9-3-2-4-10(7-9)12(13,14)15/h2-4,7,11H,5-6,8H2,1H3/t11-/m0/s1. The number of hydrogen-bond donors (Lipinski definition) is 0. The second-order valence-electron chi connectivity index (χ2n) is 4.59. The molecule has 3 nitrogen and oxygen atoms in total. The molecule has 0 bridgehead atoms. The summed E-state index contributed by atoms with van der Waals surface area (Å²) < 4.78 is 63.0. The third kappa shape index (κ3) is 3.48. The maximum absolute atomic E-state index is 12.7. The van der Waals surface area contributed by atoms with Crippen molar-refractivity contribution < 1.29 is 21.6 Å². The van der Waals surface area contributed by atoms with Gasteiger partial charge in [0.1, 0.15) is 0 Å². The Morgan fingerprint density at radius 2 is 2.05 bits per heavy atom. The van der Waals surface area contributed by atoms with Gasteiger partial charge in [-0.25, -0.2) is 8.42 Å². The average molecular weight is 325 g/mol. The first-order valence-electron chi connectivity index (χ1n) is 5.91. The molecule has 1 aromatic rings. The molecule has 1 aromatic carbocycles. The van der Waals surface area contributed by atoms with Crippen molar-refractivity contribution in [1.82, 2.24) is 4.31 Å². The molecule has 0 unspecified atom stereocenters. The SMILES string of the molecule is CS(=O)(=O)N1CCSC[C@H]1c1cccc(C(F)(F)F)c1. The van der Waals surface area contributed by atoms with Crippen LogP contribution in [0, 0.1) is 0 Å². The van der Waals surface area contributed by atoms with Gasteiger partial charge in [-0.3, -0.25) is 0 Å². The number of alkyl halides is 3. The summed E-state index contributed by atoms with van der Waals surface area (Å²) in [5, 5.41) is 0. The molecule has 1 aliphatic rings. The van der Waals surface area contributed by atoms with Gasteiger partial charge in [0, 0.05) is 18.1 Å². The molecule has 2 rings (SSSR count). The van der Waals surface area contributed by atoms with Gasteiger partial charge in [-0.2, -0.15) is 29.2 Å². The molecule has 1 atom stereocenters. The van der Waals surface area contributed by atoms with E-state index in [1.54, 1.807) is 17.8 Å². The largest absolute Gasteiger partial charge is 0.416 e. The first kappa shape index (κ1) is 15.7. The zero-order valence-corrected chi connectivity index (χ0v) is 12.4. The second-order valence-corrected chi connectivity index (χ2v) is 7.67. The van der Waals surface area contributed by atoms with Gasteiger partial charge in [0.05, 0.1) is 17.9 Å². The molecule has 8 heteroatoms. The van der Waals surface area contributed by atoms with Crippen LogP contribution in [0.15, 0.2) is 24.3 Å². The van der Waals surface area contributed by atoms with E-state index in [9.17, 15) is 21.6 Å². The predicted molar refractivity (Wildman–Crippen MR) is 73.1 cm³/mol. The topological polar surface area (TPSA) is 37.4 Å². The lowest BCUT2D eigenvalue weighted by molar-refractivity contribution is -0.137. The van der Waals surface area contributed by atoms with E-state index in [0.29, 0.717) is 23.6 Å². The van der Waals surface area contributed by atoms with E-state index in [1.165, 1.54) is 10.4 Å². The van der Waals surface area contributed by atoms with Crippen LogP contribution >= 0.6 is 11.8 Å². The Labute approximate surface area is 120 Å². The summed E-state index contributed by atoms with van der Waals surface area (Å²) in [6, 6.07) is 4.35. The number of thioether (sulfide) groups is 1. The third-order valence-electron chi connectivity index (χ3n) is 3.10. The lowest BCUT2D eigenvalue weighted by atomic mass is 10.0. The molecule has 1 fully saturated rings. The van der Waals surface area contributed by atoms with Crippen LogP contribution in [-0.2, 0) is 16.2 Å². The van der Waals surface area contributed by atoms with Crippen LogP contribution in [0.2, 0.25) is 0 Å². The van der Waals surface area contributed by atoms with Gasteiger partial charge in [-0.05, 0) is 17.7 Å². The number of nitrogens with zero attached hydrogens (tertiary/aromatic N) is 1. The average Bonchev–Trinajstić information content (AvgIpc) is 2.37. The number of halogens is 3. The summed E-state index contributed by atoms with van der Waals surface area (Å²) >= 11 is 1.54. The van der Waals surface area contributed by atoms with Gasteiger partial charge in [-0.15, -0.1) is 0 Å². The highest BCUT2D eigenvalue weighted by molar-refractivity contribution is 7.99. The Kier molecular flexibility index (Phi) is 4.36. The van der Waals surface area contributed by atoms with E-state index in [4.69, 9.17) is 0 Å². The first-order valence-corrected chi connectivity index (χ1v) is 8.91. The van der Waals surface area contributed by atoms with Crippen molar-refractivity contribution in [2.45, 2.75) is 12.2 Å². The van der Waals surface area contributed by atoms with Gasteiger partial charge < -0.3 is 0 Å². The van der Waals surface area contributed by atoms with E-state index in [-0.39, 0.29) is 0 Å². The molecule has 0 amide bonds. The Hall–Kier alpha value is -0.730. The van der Waals surface area contributed by atoms with Gasteiger partial charge in [-0.1, -0.05) is 12.1 Å². The molecular formula is C12H14F3NO2S2. The van der Waals surface area contributed by atoms with Crippen molar-refractivity contribution in [1.29, 1.82) is 0 Å². The Balaban J connectivity index is 2.38. The number of hydrogen-bond acceptors (Lipinski definition) is 3. The lowest BCUT2D eigenvalue weighted by Gasteiger charge is -2.33. The van der Waals surface area contributed by atoms with Gasteiger partial charge in [0.2, 0.25) is 10.0 Å². The predicted octanol–water partition coefficient (Wildman–Crippen LogP) is 2.75. The molecule has 1 heterocycles. The lowest BCUT2D eigenvalue weighted by Crippen LogP contribution is -2.40. The van der Waals surface area contributed by atoms with Crippen LogP contribution in [0.1, 0.15) is 17.2 Å². The van der Waals surface area contributed by atoms with Gasteiger partial charge in [0.15, 0.2) is 0 Å². The van der Waals surface area contributed by atoms with Crippen molar-refractivity contribution >= 4 is 21.8 Å². The van der Waals surface area contributed by atoms with Crippen molar-refractivity contribution in [3.05, 3.63) is 35.4 Å².